The number of likely N-dealkylation sites (tertiary alicyclic amines) is 1. The SMILES string of the molecule is COc1ccc(CN2CCC3NN(CCOc4ccc(Cl)cc4)CC3C2)cc1. The number of hydrogen-bond acceptors (Lipinski definition) is 5. The minimum absolute atomic E-state index is 0.586. The zero-order valence-corrected chi connectivity index (χ0v) is 17.1. The summed E-state index contributed by atoms with van der Waals surface area (Å²) in [5.41, 5.74) is 5.02. The first-order chi connectivity index (χ1) is 13.7. The van der Waals surface area contributed by atoms with Crippen molar-refractivity contribution in [3.8, 4) is 11.5 Å². The van der Waals surface area contributed by atoms with Gasteiger partial charge in [-0.2, -0.15) is 0 Å². The molecule has 2 aliphatic heterocycles. The highest BCUT2D eigenvalue weighted by molar-refractivity contribution is 6.30. The fraction of sp³-hybridized carbons (Fsp3) is 0.455. The van der Waals surface area contributed by atoms with Gasteiger partial charge in [-0.05, 0) is 48.4 Å². The van der Waals surface area contributed by atoms with Crippen LogP contribution in [0.15, 0.2) is 48.5 Å². The Hall–Kier alpha value is -1.79. The van der Waals surface area contributed by atoms with E-state index in [-0.39, 0.29) is 0 Å². The van der Waals surface area contributed by atoms with Gasteiger partial charge < -0.3 is 9.47 Å². The Kier molecular flexibility index (Phi) is 6.37. The number of hydrogen-bond donors (Lipinski definition) is 1. The average molecular weight is 402 g/mol. The molecule has 4 rings (SSSR count). The summed E-state index contributed by atoms with van der Waals surface area (Å²) in [5.74, 6) is 2.45. The smallest absolute Gasteiger partial charge is 0.119 e. The van der Waals surface area contributed by atoms with E-state index in [9.17, 15) is 0 Å². The van der Waals surface area contributed by atoms with Crippen LogP contribution < -0.4 is 14.9 Å². The van der Waals surface area contributed by atoms with Gasteiger partial charge in [-0.15, -0.1) is 0 Å². The fourth-order valence-electron chi connectivity index (χ4n) is 4.13. The predicted octanol–water partition coefficient (Wildman–Crippen LogP) is 3.44. The maximum absolute atomic E-state index is 5.91. The lowest BCUT2D eigenvalue weighted by Gasteiger charge is -2.34. The number of fused-ring (bicyclic) bond motifs is 1. The van der Waals surface area contributed by atoms with Crippen LogP contribution in [0.5, 0.6) is 11.5 Å². The summed E-state index contributed by atoms with van der Waals surface area (Å²) in [6.45, 7) is 5.91. The van der Waals surface area contributed by atoms with E-state index in [4.69, 9.17) is 21.1 Å². The van der Waals surface area contributed by atoms with Crippen LogP contribution in [-0.4, -0.2) is 55.8 Å². The molecule has 1 N–H and O–H groups in total. The first-order valence-corrected chi connectivity index (χ1v) is 10.3. The second-order valence-corrected chi connectivity index (χ2v) is 8.05. The van der Waals surface area contributed by atoms with Gasteiger partial charge in [-0.3, -0.25) is 10.3 Å². The van der Waals surface area contributed by atoms with Crippen LogP contribution in [0.2, 0.25) is 5.02 Å². The second-order valence-electron chi connectivity index (χ2n) is 7.62. The summed E-state index contributed by atoms with van der Waals surface area (Å²) >= 11 is 5.91. The molecule has 2 heterocycles. The van der Waals surface area contributed by atoms with Crippen molar-refractivity contribution in [3.05, 3.63) is 59.1 Å². The fourth-order valence-corrected chi connectivity index (χ4v) is 4.25. The van der Waals surface area contributed by atoms with Crippen LogP contribution in [0.4, 0.5) is 0 Å². The van der Waals surface area contributed by atoms with E-state index in [2.05, 4.69) is 27.5 Å². The Bertz CT molecular complexity index is 753. The lowest BCUT2D eigenvalue weighted by molar-refractivity contribution is 0.158. The van der Waals surface area contributed by atoms with Gasteiger partial charge in [0.25, 0.3) is 0 Å². The molecular formula is C22H28ClN3O2. The number of methoxy groups -OCH3 is 1. The molecule has 0 bridgehead atoms. The lowest BCUT2D eigenvalue weighted by atomic mass is 9.94. The number of ether oxygens (including phenoxy) is 2. The van der Waals surface area contributed by atoms with Gasteiger partial charge >= 0.3 is 0 Å². The lowest BCUT2D eigenvalue weighted by Crippen LogP contribution is -2.45. The molecule has 6 heteroatoms. The van der Waals surface area contributed by atoms with E-state index in [1.54, 1.807) is 7.11 Å². The van der Waals surface area contributed by atoms with Crippen molar-refractivity contribution in [1.82, 2.24) is 15.3 Å². The minimum Gasteiger partial charge on any atom is -0.497 e. The van der Waals surface area contributed by atoms with Gasteiger partial charge in [0.15, 0.2) is 0 Å². The standard InChI is InChI=1S/C22H28ClN3O2/c1-27-20-6-2-17(3-7-20)14-25-11-10-22-18(15-25)16-26(24-22)12-13-28-21-8-4-19(23)5-9-21/h2-9,18,22,24H,10-16H2,1H3. The highest BCUT2D eigenvalue weighted by atomic mass is 35.5. The van der Waals surface area contributed by atoms with Crippen molar-refractivity contribution in [2.24, 2.45) is 5.92 Å². The van der Waals surface area contributed by atoms with Gasteiger partial charge in [0, 0.05) is 49.7 Å². The van der Waals surface area contributed by atoms with E-state index in [0.29, 0.717) is 18.6 Å². The molecule has 28 heavy (non-hydrogen) atoms. The number of halogens is 1. The van der Waals surface area contributed by atoms with Gasteiger partial charge in [0.1, 0.15) is 18.1 Å². The highest BCUT2D eigenvalue weighted by Gasteiger charge is 2.36. The van der Waals surface area contributed by atoms with E-state index >= 15 is 0 Å². The Balaban J connectivity index is 1.22. The van der Waals surface area contributed by atoms with Crippen LogP contribution in [0.3, 0.4) is 0 Å². The summed E-state index contributed by atoms with van der Waals surface area (Å²) in [6, 6.07) is 16.5. The molecule has 2 fully saturated rings. The molecular weight excluding hydrogens is 374 g/mol. The molecule has 5 nitrogen and oxygen atoms in total. The van der Waals surface area contributed by atoms with E-state index in [1.165, 1.54) is 12.0 Å². The molecule has 2 saturated heterocycles. The summed E-state index contributed by atoms with van der Waals surface area (Å²) in [6.07, 6.45) is 1.19. The molecule has 2 atom stereocenters. The van der Waals surface area contributed by atoms with Crippen molar-refractivity contribution in [2.45, 2.75) is 19.0 Å². The quantitative estimate of drug-likeness (QED) is 0.769. The Morgan fingerprint density at radius 3 is 2.54 bits per heavy atom. The average Bonchev–Trinajstić information content (AvgIpc) is 3.12. The van der Waals surface area contributed by atoms with Gasteiger partial charge in [-0.1, -0.05) is 23.7 Å². The summed E-state index contributed by atoms with van der Waals surface area (Å²) < 4.78 is 11.1. The van der Waals surface area contributed by atoms with Crippen molar-refractivity contribution < 1.29 is 9.47 Å². The molecule has 0 spiro atoms. The second kappa shape index (κ2) is 9.14. The van der Waals surface area contributed by atoms with Crippen molar-refractivity contribution in [3.63, 3.8) is 0 Å². The molecule has 0 radical (unpaired) electrons. The normalized spacial score (nSPS) is 22.8. The number of nitrogens with zero attached hydrogens (tertiary/aromatic N) is 2. The number of piperidine rings is 1. The number of hydrazine groups is 1. The zero-order valence-electron chi connectivity index (χ0n) is 16.3. The van der Waals surface area contributed by atoms with Crippen molar-refractivity contribution in [2.75, 3.05) is 39.9 Å². The van der Waals surface area contributed by atoms with Gasteiger partial charge in [0.05, 0.1) is 7.11 Å². The maximum Gasteiger partial charge on any atom is 0.119 e. The Labute approximate surface area is 172 Å². The number of rotatable bonds is 7. The molecule has 0 saturated carbocycles. The van der Waals surface area contributed by atoms with Crippen molar-refractivity contribution in [1.29, 1.82) is 0 Å². The minimum atomic E-state index is 0.586. The molecule has 2 aromatic carbocycles. The zero-order chi connectivity index (χ0) is 19.3. The predicted molar refractivity (Wildman–Crippen MR) is 112 cm³/mol. The number of benzene rings is 2. The van der Waals surface area contributed by atoms with Gasteiger partial charge in [-0.25, -0.2) is 5.01 Å². The van der Waals surface area contributed by atoms with E-state index in [1.807, 2.05) is 36.4 Å². The molecule has 150 valence electrons. The molecule has 2 aliphatic rings. The third-order valence-corrected chi connectivity index (χ3v) is 5.88. The summed E-state index contributed by atoms with van der Waals surface area (Å²) in [4.78, 5) is 2.57. The topological polar surface area (TPSA) is 37.0 Å². The molecule has 2 aromatic rings. The third-order valence-electron chi connectivity index (χ3n) is 5.63. The van der Waals surface area contributed by atoms with E-state index < -0.39 is 0 Å². The monoisotopic (exact) mass is 401 g/mol. The van der Waals surface area contributed by atoms with Crippen LogP contribution in [0, 0.1) is 5.92 Å². The molecule has 0 aliphatic carbocycles. The van der Waals surface area contributed by atoms with Crippen LogP contribution in [0.25, 0.3) is 0 Å². The van der Waals surface area contributed by atoms with Crippen molar-refractivity contribution >= 4 is 11.6 Å². The maximum atomic E-state index is 5.91. The Morgan fingerprint density at radius 1 is 1.04 bits per heavy atom. The number of nitrogens with one attached hydrogen (secondary N) is 1. The first kappa shape index (κ1) is 19.5. The van der Waals surface area contributed by atoms with Gasteiger partial charge in [0.2, 0.25) is 0 Å². The molecule has 2 unspecified atom stereocenters. The van der Waals surface area contributed by atoms with Crippen LogP contribution in [-0.2, 0) is 6.54 Å². The van der Waals surface area contributed by atoms with Crippen LogP contribution >= 0.6 is 11.6 Å². The third kappa shape index (κ3) is 4.97. The summed E-state index contributed by atoms with van der Waals surface area (Å²) in [5, 5.41) is 3.05. The first-order valence-electron chi connectivity index (χ1n) is 9.94. The van der Waals surface area contributed by atoms with Crippen LogP contribution in [0.1, 0.15) is 12.0 Å². The molecule has 0 amide bonds. The molecule has 0 aromatic heterocycles. The van der Waals surface area contributed by atoms with E-state index in [0.717, 1.165) is 49.2 Å². The largest absolute Gasteiger partial charge is 0.497 e. The summed E-state index contributed by atoms with van der Waals surface area (Å²) in [7, 11) is 1.71. The Morgan fingerprint density at radius 2 is 1.79 bits per heavy atom. The highest BCUT2D eigenvalue weighted by Crippen LogP contribution is 2.25.